The number of fused-ring (bicyclic) bond motifs is 1. The predicted molar refractivity (Wildman–Crippen MR) is 74.0 cm³/mol. The highest BCUT2D eigenvalue weighted by Gasteiger charge is 2.09. The van der Waals surface area contributed by atoms with E-state index in [0.29, 0.717) is 12.3 Å². The normalized spacial score (nSPS) is 9.56. The minimum Gasteiger partial charge on any atom is -0.410 e. The van der Waals surface area contributed by atoms with Crippen LogP contribution in [0, 0.1) is 0 Å². The number of nitrogens with one attached hydrogen (secondary N) is 1. The van der Waals surface area contributed by atoms with Gasteiger partial charge in [0.25, 0.3) is 0 Å². The summed E-state index contributed by atoms with van der Waals surface area (Å²) in [6.45, 7) is 6.53. The lowest BCUT2D eigenvalue weighted by Crippen LogP contribution is -2.29. The molecule has 4 nitrogen and oxygen atoms in total. The molecule has 0 atom stereocenters. The average molecular weight is 248 g/mol. The molecule has 2 rings (SSSR count). The van der Waals surface area contributed by atoms with Crippen LogP contribution < -0.4 is 4.74 Å². The Hall–Kier alpha value is -1.97. The van der Waals surface area contributed by atoms with Gasteiger partial charge in [-0.05, 0) is 30.5 Å². The molecule has 2 aromatic rings. The van der Waals surface area contributed by atoms with Crippen molar-refractivity contribution in [2.75, 3.05) is 13.6 Å². The number of H-pyrrole nitrogens is 1. The molecule has 1 aromatic carbocycles. The highest BCUT2D eigenvalue weighted by Crippen LogP contribution is 2.19. The molecule has 0 saturated heterocycles. The molecule has 1 heterocycles. The van der Waals surface area contributed by atoms with Gasteiger partial charge in [-0.2, -0.15) is 0 Å². The van der Waals surface area contributed by atoms with Crippen molar-refractivity contribution in [2.24, 2.45) is 0 Å². The molecule has 1 aromatic heterocycles. The van der Waals surface area contributed by atoms with Gasteiger partial charge < -0.3 is 14.6 Å². The van der Waals surface area contributed by atoms with Crippen molar-refractivity contribution >= 4 is 17.0 Å². The zero-order chi connectivity index (χ0) is 13.5. The smallest absolute Gasteiger partial charge is 0.410 e. The Morgan fingerprint density at radius 1 is 1.33 bits per heavy atom. The molecule has 4 heteroatoms. The Bertz CT molecular complexity index is 505. The molecule has 0 spiro atoms. The maximum atomic E-state index is 11.5. The molecule has 0 bridgehead atoms. The number of hydrogen-bond acceptors (Lipinski definition) is 2. The maximum Gasteiger partial charge on any atom is 0.414 e. The van der Waals surface area contributed by atoms with Crippen LogP contribution >= 0.6 is 0 Å². The van der Waals surface area contributed by atoms with E-state index < -0.39 is 0 Å². The lowest BCUT2D eigenvalue weighted by Gasteiger charge is -2.13. The number of hydrogen-bond donors (Lipinski definition) is 1. The summed E-state index contributed by atoms with van der Waals surface area (Å²) < 4.78 is 5.21. The summed E-state index contributed by atoms with van der Waals surface area (Å²) in [4.78, 5) is 16.1. The first kappa shape index (κ1) is 14.1. The van der Waals surface area contributed by atoms with Gasteiger partial charge in [-0.1, -0.05) is 13.8 Å². The summed E-state index contributed by atoms with van der Waals surface area (Å²) >= 11 is 0. The summed E-state index contributed by atoms with van der Waals surface area (Å²) in [6, 6.07) is 7.49. The van der Waals surface area contributed by atoms with Crippen LogP contribution in [0.1, 0.15) is 20.8 Å². The van der Waals surface area contributed by atoms with Crippen LogP contribution in [0.25, 0.3) is 10.9 Å². The van der Waals surface area contributed by atoms with Crippen molar-refractivity contribution in [3.8, 4) is 5.75 Å². The fourth-order valence-electron chi connectivity index (χ4n) is 1.40. The van der Waals surface area contributed by atoms with E-state index in [-0.39, 0.29) is 6.09 Å². The molecule has 98 valence electrons. The summed E-state index contributed by atoms with van der Waals surface area (Å²) in [7, 11) is 1.70. The quantitative estimate of drug-likeness (QED) is 0.881. The van der Waals surface area contributed by atoms with Crippen molar-refractivity contribution in [1.29, 1.82) is 0 Å². The van der Waals surface area contributed by atoms with E-state index in [1.807, 2.05) is 45.2 Å². The van der Waals surface area contributed by atoms with Gasteiger partial charge in [0.05, 0.1) is 0 Å². The summed E-state index contributed by atoms with van der Waals surface area (Å²) in [6.07, 6.45) is 1.52. The minimum atomic E-state index is -0.339. The molecule has 0 saturated carbocycles. The minimum absolute atomic E-state index is 0.339. The Balaban J connectivity index is 0.000000771. The van der Waals surface area contributed by atoms with Crippen LogP contribution in [0.3, 0.4) is 0 Å². The summed E-state index contributed by atoms with van der Waals surface area (Å²) in [5.74, 6) is 0.556. The molecule has 0 aliphatic rings. The molecule has 1 N–H and O–H groups in total. The summed E-state index contributed by atoms with van der Waals surface area (Å²) in [5, 5.41) is 1.10. The van der Waals surface area contributed by atoms with E-state index in [9.17, 15) is 4.79 Å². The monoisotopic (exact) mass is 248 g/mol. The second-order valence-electron chi connectivity index (χ2n) is 3.61. The Morgan fingerprint density at radius 3 is 2.72 bits per heavy atom. The second-order valence-corrected chi connectivity index (χ2v) is 3.61. The number of carbonyl (C=O) groups excluding carboxylic acids is 1. The van der Waals surface area contributed by atoms with Crippen molar-refractivity contribution < 1.29 is 9.53 Å². The summed E-state index contributed by atoms with van der Waals surface area (Å²) in [5.41, 5.74) is 0.962. The van der Waals surface area contributed by atoms with Crippen LogP contribution in [0.15, 0.2) is 30.5 Å². The van der Waals surface area contributed by atoms with Crippen LogP contribution in [0.5, 0.6) is 5.75 Å². The van der Waals surface area contributed by atoms with Crippen LogP contribution in [0.4, 0.5) is 4.79 Å². The Morgan fingerprint density at radius 2 is 2.06 bits per heavy atom. The molecule has 0 fully saturated rings. The van der Waals surface area contributed by atoms with Crippen LogP contribution in [-0.2, 0) is 0 Å². The van der Waals surface area contributed by atoms with Gasteiger partial charge in [-0.15, -0.1) is 0 Å². The Labute approximate surface area is 108 Å². The lowest BCUT2D eigenvalue weighted by molar-refractivity contribution is 0.165. The number of benzene rings is 1. The number of carbonyl (C=O) groups is 1. The van der Waals surface area contributed by atoms with E-state index in [0.717, 1.165) is 10.9 Å². The van der Waals surface area contributed by atoms with E-state index >= 15 is 0 Å². The molecule has 0 aliphatic carbocycles. The van der Waals surface area contributed by atoms with Gasteiger partial charge in [0, 0.05) is 31.4 Å². The lowest BCUT2D eigenvalue weighted by atomic mass is 10.2. The third-order valence-electron chi connectivity index (χ3n) is 2.52. The van der Waals surface area contributed by atoms with Crippen LogP contribution in [-0.4, -0.2) is 29.6 Å². The zero-order valence-electron chi connectivity index (χ0n) is 11.4. The van der Waals surface area contributed by atoms with Gasteiger partial charge in [-0.3, -0.25) is 0 Å². The van der Waals surface area contributed by atoms with Crippen LogP contribution in [0.2, 0.25) is 0 Å². The van der Waals surface area contributed by atoms with Gasteiger partial charge in [0.15, 0.2) is 0 Å². The first-order chi connectivity index (χ1) is 8.70. The van der Waals surface area contributed by atoms with E-state index in [1.165, 1.54) is 4.90 Å². The van der Waals surface area contributed by atoms with E-state index in [4.69, 9.17) is 4.74 Å². The van der Waals surface area contributed by atoms with Gasteiger partial charge in [-0.25, -0.2) is 4.79 Å². The number of aromatic nitrogens is 1. The fourth-order valence-corrected chi connectivity index (χ4v) is 1.40. The van der Waals surface area contributed by atoms with Gasteiger partial charge >= 0.3 is 6.09 Å². The standard InChI is InChI=1S/C12H14N2O2.C2H6/c1-3-14(2)12(15)16-10-5-4-9-6-7-13-11(9)8-10;1-2/h4-8,13H,3H2,1-2H3;1-2H3. The third kappa shape index (κ3) is 3.26. The molecule has 0 unspecified atom stereocenters. The molecule has 0 radical (unpaired) electrons. The van der Waals surface area contributed by atoms with Gasteiger partial charge in [0.2, 0.25) is 0 Å². The number of amides is 1. The predicted octanol–water partition coefficient (Wildman–Crippen LogP) is 3.64. The molecular weight excluding hydrogens is 228 g/mol. The highest BCUT2D eigenvalue weighted by atomic mass is 16.6. The number of aromatic amines is 1. The fraction of sp³-hybridized carbons (Fsp3) is 0.357. The van der Waals surface area contributed by atoms with Crippen molar-refractivity contribution in [2.45, 2.75) is 20.8 Å². The highest BCUT2D eigenvalue weighted by molar-refractivity contribution is 5.81. The number of nitrogens with zero attached hydrogens (tertiary/aromatic N) is 1. The number of rotatable bonds is 2. The molecule has 1 amide bonds. The first-order valence-corrected chi connectivity index (χ1v) is 6.21. The maximum absolute atomic E-state index is 11.5. The van der Waals surface area contributed by atoms with Crippen molar-refractivity contribution in [1.82, 2.24) is 9.88 Å². The van der Waals surface area contributed by atoms with E-state index in [1.54, 1.807) is 13.1 Å². The number of ether oxygens (including phenoxy) is 1. The van der Waals surface area contributed by atoms with Gasteiger partial charge in [0.1, 0.15) is 5.75 Å². The molecule has 0 aliphatic heterocycles. The largest absolute Gasteiger partial charge is 0.414 e. The zero-order valence-corrected chi connectivity index (χ0v) is 11.4. The third-order valence-corrected chi connectivity index (χ3v) is 2.52. The van der Waals surface area contributed by atoms with Crippen molar-refractivity contribution in [3.05, 3.63) is 30.5 Å². The van der Waals surface area contributed by atoms with Crippen molar-refractivity contribution in [3.63, 3.8) is 0 Å². The molecular formula is C14H20N2O2. The second kappa shape index (κ2) is 6.69. The average Bonchev–Trinajstić information content (AvgIpc) is 2.87. The topological polar surface area (TPSA) is 45.3 Å². The Kier molecular flexibility index (Phi) is 5.24. The SMILES string of the molecule is CC.CCN(C)C(=O)Oc1ccc2cc[nH]c2c1. The van der Waals surface area contributed by atoms with E-state index in [2.05, 4.69) is 4.98 Å². The molecule has 18 heavy (non-hydrogen) atoms. The first-order valence-electron chi connectivity index (χ1n) is 6.21.